The maximum Gasteiger partial charge on any atom is 0.279 e. The first kappa shape index (κ1) is 23.7. The van der Waals surface area contributed by atoms with Gasteiger partial charge in [-0.2, -0.15) is 10.3 Å². The smallest absolute Gasteiger partial charge is 0.279 e. The number of nitriles is 1. The molecule has 35 heavy (non-hydrogen) atoms. The van der Waals surface area contributed by atoms with Gasteiger partial charge in [0, 0.05) is 18.3 Å². The average Bonchev–Trinajstić information content (AvgIpc) is 2.89. The first-order chi connectivity index (χ1) is 17.0. The summed E-state index contributed by atoms with van der Waals surface area (Å²) in [7, 11) is 2.99. The molecule has 0 aliphatic carbocycles. The molecule has 0 fully saturated rings. The Labute approximate surface area is 201 Å². The third kappa shape index (κ3) is 4.51. The van der Waals surface area contributed by atoms with Crippen molar-refractivity contribution in [2.24, 2.45) is 4.99 Å². The SMILES string of the molecule is CCCCCn1c(=NC(=O)c2ccc(OC)c(OC)c2)c(C#N)cc2c(=O)n3ccccc3nc21. The molecule has 4 rings (SSSR count). The zero-order valence-corrected chi connectivity index (χ0v) is 19.8. The second kappa shape index (κ2) is 10.2. The molecule has 0 atom stereocenters. The number of benzene rings is 1. The Morgan fingerprint density at radius 2 is 1.91 bits per heavy atom. The lowest BCUT2D eigenvalue weighted by atomic mass is 10.1. The van der Waals surface area contributed by atoms with Crippen LogP contribution >= 0.6 is 0 Å². The molecule has 9 heteroatoms. The number of amides is 1. The van der Waals surface area contributed by atoms with Gasteiger partial charge in [0.15, 0.2) is 17.0 Å². The monoisotopic (exact) mass is 471 g/mol. The lowest BCUT2D eigenvalue weighted by molar-refractivity contribution is 0.0996. The van der Waals surface area contributed by atoms with Gasteiger partial charge < -0.3 is 14.0 Å². The topological polar surface area (TPSA) is 111 Å². The maximum absolute atomic E-state index is 13.2. The maximum atomic E-state index is 13.2. The van der Waals surface area contributed by atoms with Crippen LogP contribution in [0.2, 0.25) is 0 Å². The summed E-state index contributed by atoms with van der Waals surface area (Å²) in [4.78, 5) is 35.4. The van der Waals surface area contributed by atoms with Crippen LogP contribution in [-0.4, -0.2) is 34.1 Å². The molecule has 0 unspecified atom stereocenters. The molecule has 0 aliphatic heterocycles. The van der Waals surface area contributed by atoms with E-state index in [1.165, 1.54) is 30.8 Å². The number of pyridine rings is 2. The van der Waals surface area contributed by atoms with Crippen molar-refractivity contribution in [2.75, 3.05) is 14.2 Å². The number of nitrogens with zero attached hydrogens (tertiary/aromatic N) is 5. The summed E-state index contributed by atoms with van der Waals surface area (Å²) < 4.78 is 13.7. The van der Waals surface area contributed by atoms with E-state index in [4.69, 9.17) is 14.5 Å². The van der Waals surface area contributed by atoms with E-state index in [2.05, 4.69) is 18.0 Å². The zero-order valence-electron chi connectivity index (χ0n) is 19.8. The van der Waals surface area contributed by atoms with Crippen LogP contribution in [0, 0.1) is 11.3 Å². The molecule has 3 aromatic heterocycles. The Balaban J connectivity index is 2.00. The number of carbonyl (C=O) groups excluding carboxylic acids is 1. The number of aryl methyl sites for hydroxylation is 1. The van der Waals surface area contributed by atoms with Gasteiger partial charge in [-0.05, 0) is 42.8 Å². The number of hydrogen-bond donors (Lipinski definition) is 0. The van der Waals surface area contributed by atoms with E-state index < -0.39 is 5.91 Å². The predicted molar refractivity (Wildman–Crippen MR) is 131 cm³/mol. The van der Waals surface area contributed by atoms with Crippen LogP contribution in [0.25, 0.3) is 16.7 Å². The Morgan fingerprint density at radius 1 is 1.11 bits per heavy atom. The third-order valence-corrected chi connectivity index (χ3v) is 5.73. The molecule has 0 saturated carbocycles. The van der Waals surface area contributed by atoms with Crippen molar-refractivity contribution in [3.05, 3.63) is 75.6 Å². The zero-order chi connectivity index (χ0) is 24.9. The van der Waals surface area contributed by atoms with Gasteiger partial charge in [0.1, 0.15) is 17.4 Å². The van der Waals surface area contributed by atoms with Gasteiger partial charge in [-0.25, -0.2) is 4.98 Å². The molecule has 0 bridgehead atoms. The Hall–Kier alpha value is -4.45. The van der Waals surface area contributed by atoms with E-state index in [9.17, 15) is 14.9 Å². The van der Waals surface area contributed by atoms with Gasteiger partial charge in [0.2, 0.25) is 0 Å². The van der Waals surface area contributed by atoms with E-state index >= 15 is 0 Å². The van der Waals surface area contributed by atoms with Crippen LogP contribution < -0.4 is 20.5 Å². The molecule has 0 spiro atoms. The highest BCUT2D eigenvalue weighted by Crippen LogP contribution is 2.27. The van der Waals surface area contributed by atoms with Gasteiger partial charge in [0.05, 0.1) is 25.2 Å². The fraction of sp³-hybridized carbons (Fsp3) is 0.269. The van der Waals surface area contributed by atoms with Gasteiger partial charge >= 0.3 is 0 Å². The van der Waals surface area contributed by atoms with Gasteiger partial charge in [-0.1, -0.05) is 25.8 Å². The van der Waals surface area contributed by atoms with Crippen molar-refractivity contribution in [1.29, 1.82) is 5.26 Å². The summed E-state index contributed by atoms with van der Waals surface area (Å²) in [6.45, 7) is 2.53. The standard InChI is InChI=1S/C26H25N5O4/c1-4-5-7-13-31-23(29-25(32)17-10-11-20(34-2)21(15-17)35-3)18(16-27)14-19-24(31)28-22-9-6-8-12-30(22)26(19)33/h6,8-12,14-15H,4-5,7,13H2,1-3H3. The summed E-state index contributed by atoms with van der Waals surface area (Å²) in [6, 6.07) is 13.6. The predicted octanol–water partition coefficient (Wildman–Crippen LogP) is 3.47. The second-order valence-electron chi connectivity index (χ2n) is 7.92. The highest BCUT2D eigenvalue weighted by Gasteiger charge is 2.16. The Kier molecular flexibility index (Phi) is 6.92. The van der Waals surface area contributed by atoms with Crippen molar-refractivity contribution in [1.82, 2.24) is 14.0 Å². The van der Waals surface area contributed by atoms with Crippen LogP contribution in [0.15, 0.2) is 58.4 Å². The fourth-order valence-corrected chi connectivity index (χ4v) is 3.94. The summed E-state index contributed by atoms with van der Waals surface area (Å²) in [6.07, 6.45) is 4.32. The van der Waals surface area contributed by atoms with Crippen LogP contribution in [0.5, 0.6) is 11.5 Å². The average molecular weight is 472 g/mol. The largest absolute Gasteiger partial charge is 0.493 e. The van der Waals surface area contributed by atoms with Crippen molar-refractivity contribution in [2.45, 2.75) is 32.7 Å². The summed E-state index contributed by atoms with van der Waals surface area (Å²) in [5.74, 6) is 0.326. The van der Waals surface area contributed by atoms with Crippen molar-refractivity contribution < 1.29 is 14.3 Å². The van der Waals surface area contributed by atoms with Crippen LogP contribution in [-0.2, 0) is 6.54 Å². The van der Waals surface area contributed by atoms with E-state index in [-0.39, 0.29) is 22.2 Å². The summed E-state index contributed by atoms with van der Waals surface area (Å²) >= 11 is 0. The molecule has 1 amide bonds. The number of hydrogen-bond acceptors (Lipinski definition) is 6. The number of fused-ring (bicyclic) bond motifs is 2. The minimum absolute atomic E-state index is 0.123. The van der Waals surface area contributed by atoms with Gasteiger partial charge in [0.25, 0.3) is 11.5 Å². The highest BCUT2D eigenvalue weighted by atomic mass is 16.5. The van der Waals surface area contributed by atoms with Crippen LogP contribution in [0.4, 0.5) is 0 Å². The Morgan fingerprint density at radius 3 is 2.63 bits per heavy atom. The molecule has 4 aromatic rings. The minimum Gasteiger partial charge on any atom is -0.493 e. The fourth-order valence-electron chi connectivity index (χ4n) is 3.94. The molecule has 0 saturated heterocycles. The van der Waals surface area contributed by atoms with E-state index in [0.29, 0.717) is 34.7 Å². The number of rotatable bonds is 7. The molecule has 0 radical (unpaired) electrons. The normalized spacial score (nSPS) is 11.5. The molecule has 0 aliphatic rings. The first-order valence-corrected chi connectivity index (χ1v) is 11.3. The van der Waals surface area contributed by atoms with Crippen LogP contribution in [0.1, 0.15) is 42.1 Å². The van der Waals surface area contributed by atoms with E-state index in [0.717, 1.165) is 19.3 Å². The molecule has 0 N–H and O–H groups in total. The molecular weight excluding hydrogens is 446 g/mol. The van der Waals surface area contributed by atoms with E-state index in [1.807, 2.05) is 0 Å². The number of unbranched alkanes of at least 4 members (excludes halogenated alkanes) is 2. The van der Waals surface area contributed by atoms with Gasteiger partial charge in [-0.15, -0.1) is 0 Å². The lowest BCUT2D eigenvalue weighted by Gasteiger charge is -2.13. The molecule has 178 valence electrons. The number of carbonyl (C=O) groups is 1. The van der Waals surface area contributed by atoms with Crippen molar-refractivity contribution in [3.63, 3.8) is 0 Å². The summed E-state index contributed by atoms with van der Waals surface area (Å²) in [5, 5.41) is 10.2. The Bertz CT molecular complexity index is 1590. The van der Waals surface area contributed by atoms with Crippen LogP contribution in [0.3, 0.4) is 0 Å². The molecule has 1 aromatic carbocycles. The summed E-state index contributed by atoms with van der Waals surface area (Å²) in [5.41, 5.74) is 1.13. The molecular formula is C26H25N5O4. The minimum atomic E-state index is -0.552. The van der Waals surface area contributed by atoms with Gasteiger partial charge in [-0.3, -0.25) is 14.0 Å². The molecule has 3 heterocycles. The van der Waals surface area contributed by atoms with Crippen molar-refractivity contribution >= 4 is 22.6 Å². The highest BCUT2D eigenvalue weighted by molar-refractivity contribution is 5.95. The third-order valence-electron chi connectivity index (χ3n) is 5.73. The second-order valence-corrected chi connectivity index (χ2v) is 7.92. The number of ether oxygens (including phenoxy) is 2. The number of methoxy groups -OCH3 is 2. The quantitative estimate of drug-likeness (QED) is 0.301. The van der Waals surface area contributed by atoms with Crippen molar-refractivity contribution in [3.8, 4) is 17.6 Å². The number of aromatic nitrogens is 3. The molecule has 9 nitrogen and oxygen atoms in total. The first-order valence-electron chi connectivity index (χ1n) is 11.3. The van der Waals surface area contributed by atoms with E-state index in [1.54, 1.807) is 41.1 Å². The lowest BCUT2D eigenvalue weighted by Crippen LogP contribution is -2.29.